The number of hydrogen-bond acceptors (Lipinski definition) is 2. The van der Waals surface area contributed by atoms with Gasteiger partial charge in [0.05, 0.1) is 11.6 Å². The van der Waals surface area contributed by atoms with E-state index in [2.05, 4.69) is 5.32 Å². The number of nitrogens with one attached hydrogen (secondary N) is 1. The summed E-state index contributed by atoms with van der Waals surface area (Å²) in [5, 5.41) is 3.04. The molecule has 0 bridgehead atoms. The van der Waals surface area contributed by atoms with Crippen LogP contribution in [0.2, 0.25) is 0 Å². The average Bonchev–Trinajstić information content (AvgIpc) is 2.72. The molecule has 1 unspecified atom stereocenters. The number of alkyl halides is 3. The quantitative estimate of drug-likeness (QED) is 0.922. The van der Waals surface area contributed by atoms with Crippen molar-refractivity contribution < 1.29 is 18.0 Å². The third kappa shape index (κ3) is 3.12. The van der Waals surface area contributed by atoms with Crippen LogP contribution in [-0.2, 0) is 17.5 Å². The van der Waals surface area contributed by atoms with Crippen LogP contribution in [0.25, 0.3) is 0 Å². The van der Waals surface area contributed by atoms with Gasteiger partial charge in [0.2, 0.25) is 5.91 Å². The maximum absolute atomic E-state index is 12.9. The zero-order valence-electron chi connectivity index (χ0n) is 11.2. The Hall–Kier alpha value is -1.56. The number of hydrogen-bond donors (Lipinski definition) is 1. The van der Waals surface area contributed by atoms with Gasteiger partial charge in [-0.15, -0.1) is 0 Å². The molecule has 20 heavy (non-hydrogen) atoms. The van der Waals surface area contributed by atoms with Crippen LogP contribution in [0.4, 0.5) is 13.2 Å². The van der Waals surface area contributed by atoms with Crippen LogP contribution < -0.4 is 5.32 Å². The highest BCUT2D eigenvalue weighted by Gasteiger charge is 2.35. The lowest BCUT2D eigenvalue weighted by molar-refractivity contribution is -0.139. The molecule has 0 spiro atoms. The van der Waals surface area contributed by atoms with Crippen LogP contribution in [-0.4, -0.2) is 29.9 Å². The summed E-state index contributed by atoms with van der Waals surface area (Å²) < 4.78 is 38.7. The summed E-state index contributed by atoms with van der Waals surface area (Å²) in [4.78, 5) is 13.5. The first-order valence-electron chi connectivity index (χ1n) is 6.60. The minimum absolute atomic E-state index is 0.0103. The van der Waals surface area contributed by atoms with Gasteiger partial charge in [0.25, 0.3) is 0 Å². The molecule has 1 N–H and O–H groups in total. The smallest absolute Gasteiger partial charge is 0.337 e. The Balaban J connectivity index is 2.14. The van der Waals surface area contributed by atoms with Gasteiger partial charge >= 0.3 is 6.18 Å². The van der Waals surface area contributed by atoms with E-state index in [1.54, 1.807) is 6.07 Å². The second kappa shape index (κ2) is 5.83. The summed E-state index contributed by atoms with van der Waals surface area (Å²) >= 11 is 0. The van der Waals surface area contributed by atoms with Gasteiger partial charge in [-0.1, -0.05) is 25.1 Å². The van der Waals surface area contributed by atoms with Gasteiger partial charge in [-0.05, 0) is 24.6 Å². The van der Waals surface area contributed by atoms with Gasteiger partial charge in [0.15, 0.2) is 0 Å². The predicted octanol–water partition coefficient (Wildman–Crippen LogP) is 2.42. The van der Waals surface area contributed by atoms with E-state index in [9.17, 15) is 18.0 Å². The standard InChI is InChI=1S/C14H17F3N2O/c1-2-18-12-7-8-19(13(12)20)9-10-5-3-4-6-11(10)14(15,16)17/h3-6,12,18H,2,7-9H2,1H3. The van der Waals surface area contributed by atoms with Crippen molar-refractivity contribution in [3.63, 3.8) is 0 Å². The summed E-state index contributed by atoms with van der Waals surface area (Å²) in [6.07, 6.45) is -3.75. The molecule has 1 amide bonds. The molecule has 1 atom stereocenters. The number of carbonyl (C=O) groups is 1. The number of nitrogens with zero attached hydrogens (tertiary/aromatic N) is 1. The second-order valence-electron chi connectivity index (χ2n) is 4.81. The molecule has 1 aliphatic heterocycles. The highest BCUT2D eigenvalue weighted by molar-refractivity contribution is 5.84. The number of amides is 1. The highest BCUT2D eigenvalue weighted by Crippen LogP contribution is 2.32. The first kappa shape index (κ1) is 14.8. The van der Waals surface area contributed by atoms with Gasteiger partial charge in [0.1, 0.15) is 0 Å². The Morgan fingerprint density at radius 1 is 1.35 bits per heavy atom. The third-order valence-corrected chi connectivity index (χ3v) is 3.43. The van der Waals surface area contributed by atoms with Crippen molar-refractivity contribution in [1.29, 1.82) is 0 Å². The molecule has 0 saturated carbocycles. The SMILES string of the molecule is CCNC1CCN(Cc2ccccc2C(F)(F)F)C1=O. The maximum atomic E-state index is 12.9. The fraction of sp³-hybridized carbons (Fsp3) is 0.500. The monoisotopic (exact) mass is 286 g/mol. The Bertz CT molecular complexity index is 488. The minimum atomic E-state index is -4.39. The van der Waals surface area contributed by atoms with Crippen molar-refractivity contribution in [2.24, 2.45) is 0 Å². The maximum Gasteiger partial charge on any atom is 0.416 e. The van der Waals surface area contributed by atoms with E-state index >= 15 is 0 Å². The largest absolute Gasteiger partial charge is 0.416 e. The van der Waals surface area contributed by atoms with Crippen molar-refractivity contribution >= 4 is 5.91 Å². The van der Waals surface area contributed by atoms with Crippen molar-refractivity contribution in [2.75, 3.05) is 13.1 Å². The van der Waals surface area contributed by atoms with Crippen LogP contribution >= 0.6 is 0 Å². The molecule has 1 heterocycles. The molecule has 1 aromatic carbocycles. The fourth-order valence-corrected chi connectivity index (χ4v) is 2.47. The average molecular weight is 286 g/mol. The van der Waals surface area contributed by atoms with Crippen LogP contribution in [0.15, 0.2) is 24.3 Å². The van der Waals surface area contributed by atoms with E-state index < -0.39 is 11.7 Å². The van der Waals surface area contributed by atoms with Crippen LogP contribution in [0.3, 0.4) is 0 Å². The zero-order chi connectivity index (χ0) is 14.8. The molecule has 110 valence electrons. The van der Waals surface area contributed by atoms with Crippen LogP contribution in [0, 0.1) is 0 Å². The van der Waals surface area contributed by atoms with E-state index in [0.29, 0.717) is 19.5 Å². The summed E-state index contributed by atoms with van der Waals surface area (Å²) in [6, 6.07) is 5.14. The number of likely N-dealkylation sites (N-methyl/N-ethyl adjacent to an activating group) is 1. The van der Waals surface area contributed by atoms with E-state index in [4.69, 9.17) is 0 Å². The molecular formula is C14H17F3N2O. The number of likely N-dealkylation sites (tertiary alicyclic amines) is 1. The van der Waals surface area contributed by atoms with E-state index in [0.717, 1.165) is 6.07 Å². The third-order valence-electron chi connectivity index (χ3n) is 3.43. The van der Waals surface area contributed by atoms with Crippen molar-refractivity contribution in [2.45, 2.75) is 32.1 Å². The molecule has 1 fully saturated rings. The molecule has 2 rings (SSSR count). The van der Waals surface area contributed by atoms with Gasteiger partial charge in [0, 0.05) is 13.1 Å². The van der Waals surface area contributed by atoms with Gasteiger partial charge in [-0.25, -0.2) is 0 Å². The van der Waals surface area contributed by atoms with Crippen molar-refractivity contribution in [1.82, 2.24) is 10.2 Å². The Morgan fingerprint density at radius 3 is 2.70 bits per heavy atom. The summed E-state index contributed by atoms with van der Waals surface area (Å²) in [7, 11) is 0. The molecular weight excluding hydrogens is 269 g/mol. The first-order valence-corrected chi connectivity index (χ1v) is 6.60. The van der Waals surface area contributed by atoms with E-state index in [-0.39, 0.29) is 24.1 Å². The molecule has 0 aromatic heterocycles. The Morgan fingerprint density at radius 2 is 2.05 bits per heavy atom. The summed E-state index contributed by atoms with van der Waals surface area (Å²) in [6.45, 7) is 3.07. The topological polar surface area (TPSA) is 32.3 Å². The van der Waals surface area contributed by atoms with Gasteiger partial charge in [-0.3, -0.25) is 4.79 Å². The number of halogens is 3. The van der Waals surface area contributed by atoms with E-state index in [1.165, 1.54) is 17.0 Å². The summed E-state index contributed by atoms with van der Waals surface area (Å²) in [5.41, 5.74) is -0.523. The van der Waals surface area contributed by atoms with Gasteiger partial charge in [-0.2, -0.15) is 13.2 Å². The van der Waals surface area contributed by atoms with Crippen LogP contribution in [0.1, 0.15) is 24.5 Å². The summed E-state index contributed by atoms with van der Waals surface area (Å²) in [5.74, 6) is -0.121. The molecule has 3 nitrogen and oxygen atoms in total. The zero-order valence-corrected chi connectivity index (χ0v) is 11.2. The molecule has 6 heteroatoms. The normalized spacial score (nSPS) is 19.7. The second-order valence-corrected chi connectivity index (χ2v) is 4.81. The number of benzene rings is 1. The lowest BCUT2D eigenvalue weighted by Crippen LogP contribution is -2.38. The predicted molar refractivity (Wildman–Crippen MR) is 68.9 cm³/mol. The van der Waals surface area contributed by atoms with Crippen LogP contribution in [0.5, 0.6) is 0 Å². The molecule has 0 radical (unpaired) electrons. The minimum Gasteiger partial charge on any atom is -0.337 e. The molecule has 1 aliphatic rings. The van der Waals surface area contributed by atoms with Crippen molar-refractivity contribution in [3.05, 3.63) is 35.4 Å². The Kier molecular flexibility index (Phi) is 4.32. The lowest BCUT2D eigenvalue weighted by Gasteiger charge is -2.20. The number of rotatable bonds is 4. The van der Waals surface area contributed by atoms with Crippen molar-refractivity contribution in [3.8, 4) is 0 Å². The van der Waals surface area contributed by atoms with E-state index in [1.807, 2.05) is 6.92 Å². The fourth-order valence-electron chi connectivity index (χ4n) is 2.47. The highest BCUT2D eigenvalue weighted by atomic mass is 19.4. The Labute approximate surface area is 115 Å². The number of carbonyl (C=O) groups excluding carboxylic acids is 1. The van der Waals surface area contributed by atoms with Gasteiger partial charge < -0.3 is 10.2 Å². The molecule has 1 aromatic rings. The molecule has 1 saturated heterocycles. The molecule has 0 aliphatic carbocycles. The first-order chi connectivity index (χ1) is 9.43. The lowest BCUT2D eigenvalue weighted by atomic mass is 10.1.